The number of amides is 1. The molecule has 0 heterocycles. The van der Waals surface area contributed by atoms with Crippen molar-refractivity contribution >= 4 is 5.91 Å². The average molecular weight is 339 g/mol. The first kappa shape index (κ1) is 19.0. The van der Waals surface area contributed by atoms with Crippen molar-refractivity contribution in [3.05, 3.63) is 64.2 Å². The molecule has 3 nitrogen and oxygen atoms in total. The summed E-state index contributed by atoms with van der Waals surface area (Å²) in [7, 11) is 0. The van der Waals surface area contributed by atoms with E-state index < -0.39 is 6.10 Å². The number of nitrogens with one attached hydrogen (secondary N) is 1. The van der Waals surface area contributed by atoms with Crippen molar-refractivity contribution in [3.8, 4) is 5.75 Å². The van der Waals surface area contributed by atoms with E-state index in [4.69, 9.17) is 4.74 Å². The maximum atomic E-state index is 12.7. The molecule has 1 N–H and O–H groups in total. The van der Waals surface area contributed by atoms with Gasteiger partial charge in [0.05, 0.1) is 6.04 Å². The number of benzene rings is 2. The molecule has 2 atom stereocenters. The number of ether oxygens (including phenoxy) is 1. The molecule has 0 saturated carbocycles. The van der Waals surface area contributed by atoms with E-state index in [1.165, 1.54) is 11.1 Å². The molecule has 0 aliphatic rings. The van der Waals surface area contributed by atoms with Crippen LogP contribution in [0.15, 0.2) is 36.4 Å². The van der Waals surface area contributed by atoms with Gasteiger partial charge in [-0.1, -0.05) is 42.8 Å². The molecule has 2 aromatic carbocycles. The van der Waals surface area contributed by atoms with Crippen LogP contribution in [0.2, 0.25) is 0 Å². The Morgan fingerprint density at radius 2 is 1.60 bits per heavy atom. The van der Waals surface area contributed by atoms with Crippen molar-refractivity contribution in [1.82, 2.24) is 5.32 Å². The summed E-state index contributed by atoms with van der Waals surface area (Å²) in [5.41, 5.74) is 5.69. The van der Waals surface area contributed by atoms with Gasteiger partial charge in [-0.3, -0.25) is 4.79 Å². The van der Waals surface area contributed by atoms with E-state index in [2.05, 4.69) is 37.4 Å². The molecule has 0 saturated heterocycles. The van der Waals surface area contributed by atoms with Crippen LogP contribution in [0.4, 0.5) is 0 Å². The smallest absolute Gasteiger partial charge is 0.261 e. The van der Waals surface area contributed by atoms with Gasteiger partial charge in [-0.25, -0.2) is 0 Å². The Balaban J connectivity index is 2.11. The minimum Gasteiger partial charge on any atom is -0.480 e. The van der Waals surface area contributed by atoms with Gasteiger partial charge >= 0.3 is 0 Å². The quantitative estimate of drug-likeness (QED) is 0.808. The lowest BCUT2D eigenvalue weighted by atomic mass is 10.00. The Kier molecular flexibility index (Phi) is 6.24. The Morgan fingerprint density at radius 3 is 2.24 bits per heavy atom. The van der Waals surface area contributed by atoms with Crippen LogP contribution in [-0.4, -0.2) is 12.0 Å². The van der Waals surface area contributed by atoms with E-state index in [-0.39, 0.29) is 11.9 Å². The minimum absolute atomic E-state index is 0.0522. The summed E-state index contributed by atoms with van der Waals surface area (Å²) in [5.74, 6) is 0.707. The Hall–Kier alpha value is -2.29. The van der Waals surface area contributed by atoms with Crippen LogP contribution in [0.3, 0.4) is 0 Å². The van der Waals surface area contributed by atoms with Gasteiger partial charge in [0, 0.05) is 0 Å². The summed E-state index contributed by atoms with van der Waals surface area (Å²) >= 11 is 0. The van der Waals surface area contributed by atoms with Crippen molar-refractivity contribution in [2.45, 2.75) is 60.1 Å². The third-order valence-electron chi connectivity index (χ3n) is 4.54. The van der Waals surface area contributed by atoms with Crippen LogP contribution in [0.25, 0.3) is 0 Å². The zero-order valence-corrected chi connectivity index (χ0v) is 16.1. The van der Waals surface area contributed by atoms with Gasteiger partial charge in [0.15, 0.2) is 6.10 Å². The minimum atomic E-state index is -0.493. The van der Waals surface area contributed by atoms with Gasteiger partial charge in [-0.05, 0) is 69.4 Å². The van der Waals surface area contributed by atoms with Gasteiger partial charge in [0.25, 0.3) is 5.91 Å². The fourth-order valence-electron chi connectivity index (χ4n) is 2.92. The van der Waals surface area contributed by atoms with Crippen LogP contribution in [0, 0.1) is 27.7 Å². The molecule has 2 rings (SSSR count). The van der Waals surface area contributed by atoms with E-state index >= 15 is 0 Å². The van der Waals surface area contributed by atoms with Crippen molar-refractivity contribution in [2.75, 3.05) is 0 Å². The van der Waals surface area contributed by atoms with Crippen molar-refractivity contribution in [1.29, 1.82) is 0 Å². The van der Waals surface area contributed by atoms with E-state index in [1.54, 1.807) is 0 Å². The van der Waals surface area contributed by atoms with Gasteiger partial charge in [0.2, 0.25) is 0 Å². The molecule has 0 fully saturated rings. The van der Waals surface area contributed by atoms with E-state index in [0.29, 0.717) is 6.42 Å². The molecule has 0 aliphatic carbocycles. The average Bonchev–Trinajstić information content (AvgIpc) is 2.57. The molecule has 0 unspecified atom stereocenters. The predicted octanol–water partition coefficient (Wildman–Crippen LogP) is 4.96. The SMILES string of the molecule is CC[C@H](Oc1cc(C)ccc1C)C(=O)N[C@H](C)c1cc(C)ccc1C. The molecule has 0 aromatic heterocycles. The summed E-state index contributed by atoms with van der Waals surface area (Å²) in [5, 5.41) is 3.11. The molecule has 134 valence electrons. The van der Waals surface area contributed by atoms with E-state index in [0.717, 1.165) is 22.4 Å². The normalized spacial score (nSPS) is 13.2. The highest BCUT2D eigenvalue weighted by atomic mass is 16.5. The van der Waals surface area contributed by atoms with E-state index in [9.17, 15) is 4.79 Å². The second-order valence-corrected chi connectivity index (χ2v) is 6.87. The third-order valence-corrected chi connectivity index (χ3v) is 4.54. The number of carbonyl (C=O) groups is 1. The summed E-state index contributed by atoms with van der Waals surface area (Å²) in [6.07, 6.45) is 0.131. The molecular formula is C22H29NO2. The molecule has 3 heteroatoms. The van der Waals surface area contributed by atoms with E-state index in [1.807, 2.05) is 45.9 Å². The largest absolute Gasteiger partial charge is 0.480 e. The van der Waals surface area contributed by atoms with Gasteiger partial charge in [-0.15, -0.1) is 0 Å². The van der Waals surface area contributed by atoms with Crippen molar-refractivity contribution in [2.24, 2.45) is 0 Å². The maximum absolute atomic E-state index is 12.7. The Morgan fingerprint density at radius 1 is 1.00 bits per heavy atom. The lowest BCUT2D eigenvalue weighted by Crippen LogP contribution is -2.39. The summed E-state index contributed by atoms with van der Waals surface area (Å²) in [4.78, 5) is 12.7. The number of aryl methyl sites for hydroxylation is 4. The highest BCUT2D eigenvalue weighted by Gasteiger charge is 2.22. The standard InChI is InChI=1S/C22H29NO2/c1-7-20(25-21-13-15(3)9-11-17(21)5)22(24)23-18(6)19-12-14(2)8-10-16(19)4/h8-13,18,20H,7H2,1-6H3,(H,23,24)/t18-,20+/m1/s1. The fraction of sp³-hybridized carbons (Fsp3) is 0.409. The molecule has 1 amide bonds. The Labute approximate surface area is 151 Å². The number of rotatable bonds is 6. The maximum Gasteiger partial charge on any atom is 0.261 e. The van der Waals surface area contributed by atoms with Crippen LogP contribution >= 0.6 is 0 Å². The van der Waals surface area contributed by atoms with Crippen molar-refractivity contribution in [3.63, 3.8) is 0 Å². The predicted molar refractivity (Wildman–Crippen MR) is 103 cm³/mol. The first-order valence-electron chi connectivity index (χ1n) is 8.93. The first-order chi connectivity index (χ1) is 11.8. The third kappa shape index (κ3) is 4.85. The molecular weight excluding hydrogens is 310 g/mol. The van der Waals surface area contributed by atoms with Crippen molar-refractivity contribution < 1.29 is 9.53 Å². The molecule has 0 radical (unpaired) electrons. The Bertz CT molecular complexity index is 752. The number of hydrogen-bond acceptors (Lipinski definition) is 2. The highest BCUT2D eigenvalue weighted by Crippen LogP contribution is 2.23. The summed E-state index contributed by atoms with van der Waals surface area (Å²) in [6.45, 7) is 12.1. The number of hydrogen-bond donors (Lipinski definition) is 1. The fourth-order valence-corrected chi connectivity index (χ4v) is 2.92. The molecule has 2 aromatic rings. The lowest BCUT2D eigenvalue weighted by molar-refractivity contribution is -0.128. The summed E-state index contributed by atoms with van der Waals surface area (Å²) in [6, 6.07) is 12.3. The molecule has 0 aliphatic heterocycles. The number of carbonyl (C=O) groups excluding carboxylic acids is 1. The highest BCUT2D eigenvalue weighted by molar-refractivity contribution is 5.81. The van der Waals surface area contributed by atoms with Gasteiger partial charge in [0.1, 0.15) is 5.75 Å². The van der Waals surface area contributed by atoms with Crippen LogP contribution < -0.4 is 10.1 Å². The molecule has 0 bridgehead atoms. The second-order valence-electron chi connectivity index (χ2n) is 6.87. The van der Waals surface area contributed by atoms with Crippen LogP contribution in [-0.2, 0) is 4.79 Å². The van der Waals surface area contributed by atoms with Gasteiger partial charge < -0.3 is 10.1 Å². The van der Waals surface area contributed by atoms with Crippen LogP contribution in [0.1, 0.15) is 54.1 Å². The topological polar surface area (TPSA) is 38.3 Å². The van der Waals surface area contributed by atoms with Crippen LogP contribution in [0.5, 0.6) is 5.75 Å². The first-order valence-corrected chi connectivity index (χ1v) is 8.93. The lowest BCUT2D eigenvalue weighted by Gasteiger charge is -2.23. The summed E-state index contributed by atoms with van der Waals surface area (Å²) < 4.78 is 6.02. The monoisotopic (exact) mass is 339 g/mol. The molecule has 0 spiro atoms. The second kappa shape index (κ2) is 8.19. The zero-order valence-electron chi connectivity index (χ0n) is 16.1. The molecule has 25 heavy (non-hydrogen) atoms. The zero-order chi connectivity index (χ0) is 18.6. The van der Waals surface area contributed by atoms with Gasteiger partial charge in [-0.2, -0.15) is 0 Å².